The largest absolute Gasteiger partial charge is 0.455 e. The molecule has 0 atom stereocenters. The summed E-state index contributed by atoms with van der Waals surface area (Å²) in [7, 11) is 1.42. The lowest BCUT2D eigenvalue weighted by molar-refractivity contribution is 0.0926. The van der Waals surface area contributed by atoms with Crippen LogP contribution in [-0.4, -0.2) is 28.8 Å². The molecule has 0 bridgehead atoms. The highest BCUT2D eigenvalue weighted by atomic mass is 19.1. The fourth-order valence-corrected chi connectivity index (χ4v) is 4.94. The third-order valence-electron chi connectivity index (χ3n) is 7.29. The fourth-order valence-electron chi connectivity index (χ4n) is 4.94. The minimum absolute atomic E-state index is 0.0185. The summed E-state index contributed by atoms with van der Waals surface area (Å²) in [6.45, 7) is 1.79. The molecule has 0 radical (unpaired) electrons. The van der Waals surface area contributed by atoms with E-state index in [9.17, 15) is 18.4 Å². The molecule has 3 aromatic carbocycles. The number of carbonyl (C=O) groups excluding carboxylic acids is 2. The quantitative estimate of drug-likeness (QED) is 0.265. The van der Waals surface area contributed by atoms with Crippen LogP contribution >= 0.6 is 0 Å². The van der Waals surface area contributed by atoms with Crippen LogP contribution < -0.4 is 10.6 Å². The zero-order valence-corrected chi connectivity index (χ0v) is 22.0. The van der Waals surface area contributed by atoms with Crippen LogP contribution in [-0.2, 0) is 5.54 Å². The van der Waals surface area contributed by atoms with Crippen LogP contribution in [0.4, 0.5) is 13.2 Å². The number of carbonyl (C=O) groups is 2. The SMILES string of the molecule is CNC(=O)c1c(-c2ccc(F)cc2)oc2ccc(-c3cc(C(=O)NC4(c5ncc(F)cn5)CC4)ccc3C)c(F)c12. The second-order valence-electron chi connectivity index (χ2n) is 9.98. The van der Waals surface area contributed by atoms with Gasteiger partial charge in [0.15, 0.2) is 11.6 Å². The van der Waals surface area contributed by atoms with Crippen molar-refractivity contribution in [3.05, 3.63) is 107 Å². The highest BCUT2D eigenvalue weighted by molar-refractivity contribution is 6.12. The summed E-state index contributed by atoms with van der Waals surface area (Å²) < 4.78 is 49.1. The van der Waals surface area contributed by atoms with Crippen molar-refractivity contribution in [1.29, 1.82) is 0 Å². The Kier molecular flexibility index (Phi) is 6.33. The van der Waals surface area contributed by atoms with E-state index in [2.05, 4.69) is 20.6 Å². The van der Waals surface area contributed by atoms with Gasteiger partial charge < -0.3 is 15.1 Å². The second-order valence-corrected chi connectivity index (χ2v) is 9.98. The zero-order valence-electron chi connectivity index (χ0n) is 22.0. The number of rotatable bonds is 6. The lowest BCUT2D eigenvalue weighted by Crippen LogP contribution is -2.36. The summed E-state index contributed by atoms with van der Waals surface area (Å²) in [6, 6.07) is 13.4. The molecule has 1 aliphatic rings. The van der Waals surface area contributed by atoms with Gasteiger partial charge in [0.25, 0.3) is 11.8 Å². The average molecular weight is 557 g/mol. The molecular weight excluding hydrogens is 533 g/mol. The van der Waals surface area contributed by atoms with Crippen LogP contribution in [0.3, 0.4) is 0 Å². The molecule has 7 nitrogen and oxygen atoms in total. The topological polar surface area (TPSA) is 97.1 Å². The van der Waals surface area contributed by atoms with E-state index in [0.717, 1.165) is 12.4 Å². The normalized spacial score (nSPS) is 13.7. The molecule has 0 saturated heterocycles. The number of benzene rings is 3. The summed E-state index contributed by atoms with van der Waals surface area (Å²) in [5, 5.41) is 5.44. The molecule has 2 heterocycles. The van der Waals surface area contributed by atoms with E-state index in [1.54, 1.807) is 31.2 Å². The number of hydrogen-bond donors (Lipinski definition) is 2. The number of fused-ring (bicyclic) bond motifs is 1. The molecular formula is C31H23F3N4O3. The number of aryl methyl sites for hydroxylation is 1. The van der Waals surface area contributed by atoms with Crippen LogP contribution in [0.5, 0.6) is 0 Å². The predicted octanol–water partition coefficient (Wildman–Crippen LogP) is 6.06. The monoisotopic (exact) mass is 556 g/mol. The van der Waals surface area contributed by atoms with E-state index in [4.69, 9.17) is 4.42 Å². The van der Waals surface area contributed by atoms with Crippen molar-refractivity contribution in [3.8, 4) is 22.5 Å². The van der Waals surface area contributed by atoms with Crippen LogP contribution in [0.2, 0.25) is 0 Å². The number of nitrogens with zero attached hydrogens (tertiary/aromatic N) is 2. The average Bonchev–Trinajstić information content (AvgIpc) is 3.64. The van der Waals surface area contributed by atoms with Gasteiger partial charge in [-0.15, -0.1) is 0 Å². The highest BCUT2D eigenvalue weighted by Crippen LogP contribution is 2.44. The number of aromatic nitrogens is 2. The van der Waals surface area contributed by atoms with Gasteiger partial charge in [-0.3, -0.25) is 9.59 Å². The van der Waals surface area contributed by atoms with Crippen molar-refractivity contribution in [3.63, 3.8) is 0 Å². The van der Waals surface area contributed by atoms with Crippen molar-refractivity contribution in [2.24, 2.45) is 0 Å². The second kappa shape index (κ2) is 9.88. The van der Waals surface area contributed by atoms with Crippen molar-refractivity contribution in [2.45, 2.75) is 25.3 Å². The first-order chi connectivity index (χ1) is 19.7. The smallest absolute Gasteiger partial charge is 0.255 e. The maximum atomic E-state index is 16.3. The van der Waals surface area contributed by atoms with E-state index in [1.165, 1.54) is 37.4 Å². The molecule has 206 valence electrons. The number of furan rings is 1. The number of amides is 2. The maximum absolute atomic E-state index is 16.3. The molecule has 1 aliphatic carbocycles. The van der Waals surface area contributed by atoms with Gasteiger partial charge in [0.2, 0.25) is 0 Å². The van der Waals surface area contributed by atoms with Crippen LogP contribution in [0, 0.1) is 24.4 Å². The van der Waals surface area contributed by atoms with Crippen LogP contribution in [0.1, 0.15) is 44.9 Å². The summed E-state index contributed by atoms with van der Waals surface area (Å²) in [5.41, 5.74) is 1.36. The Hall–Kier alpha value is -4.99. The molecule has 2 aromatic heterocycles. The lowest BCUT2D eigenvalue weighted by Gasteiger charge is -2.17. The number of hydrogen-bond acceptors (Lipinski definition) is 5. The number of nitrogens with one attached hydrogen (secondary N) is 2. The molecule has 5 aromatic rings. The van der Waals surface area contributed by atoms with Crippen molar-refractivity contribution in [1.82, 2.24) is 20.6 Å². The molecule has 6 rings (SSSR count). The maximum Gasteiger partial charge on any atom is 0.255 e. The van der Waals surface area contributed by atoms with Gasteiger partial charge in [0.05, 0.1) is 23.3 Å². The van der Waals surface area contributed by atoms with E-state index in [-0.39, 0.29) is 33.4 Å². The van der Waals surface area contributed by atoms with Crippen molar-refractivity contribution < 1.29 is 27.2 Å². The molecule has 41 heavy (non-hydrogen) atoms. The molecule has 1 fully saturated rings. The Balaban J connectivity index is 1.41. The van der Waals surface area contributed by atoms with E-state index in [1.807, 2.05) is 0 Å². The fraction of sp³-hybridized carbons (Fsp3) is 0.161. The van der Waals surface area contributed by atoms with Crippen LogP contribution in [0.15, 0.2) is 71.4 Å². The van der Waals surface area contributed by atoms with Crippen molar-refractivity contribution >= 4 is 22.8 Å². The van der Waals surface area contributed by atoms with Gasteiger partial charge in [0, 0.05) is 23.7 Å². The van der Waals surface area contributed by atoms with Gasteiger partial charge in [-0.2, -0.15) is 0 Å². The summed E-state index contributed by atoms with van der Waals surface area (Å²) in [5.74, 6) is -2.27. The van der Waals surface area contributed by atoms with E-state index >= 15 is 4.39 Å². The minimum atomic E-state index is -0.782. The van der Waals surface area contributed by atoms with Crippen molar-refractivity contribution in [2.75, 3.05) is 7.05 Å². The van der Waals surface area contributed by atoms with E-state index < -0.39 is 34.8 Å². The standard InChI is InChI=1S/C31H23F3N4O3/c1-16-3-4-18(28(39)38-31(11-12-31)30-36-14-20(33)15-37-30)13-22(16)21-9-10-23-24(26(21)34)25(29(40)35-2)27(41-23)17-5-7-19(32)8-6-17/h3-10,13-15H,11-12H2,1-2H3,(H,35,40)(H,38,39). The van der Waals surface area contributed by atoms with Gasteiger partial charge in [-0.25, -0.2) is 23.1 Å². The Morgan fingerprint density at radius 3 is 2.24 bits per heavy atom. The first-order valence-electron chi connectivity index (χ1n) is 12.9. The third-order valence-corrected chi connectivity index (χ3v) is 7.29. The first kappa shape index (κ1) is 26.2. The molecule has 1 saturated carbocycles. The third kappa shape index (κ3) is 4.61. The Morgan fingerprint density at radius 2 is 1.59 bits per heavy atom. The first-order valence-corrected chi connectivity index (χ1v) is 12.9. The molecule has 10 heteroatoms. The summed E-state index contributed by atoms with van der Waals surface area (Å²) in [6.07, 6.45) is 3.32. The van der Waals surface area contributed by atoms with E-state index in [0.29, 0.717) is 35.4 Å². The Morgan fingerprint density at radius 1 is 0.878 bits per heavy atom. The van der Waals surface area contributed by atoms with Gasteiger partial charge >= 0.3 is 0 Å². The molecule has 0 unspecified atom stereocenters. The number of halogens is 3. The van der Waals surface area contributed by atoms with Crippen LogP contribution in [0.25, 0.3) is 33.4 Å². The van der Waals surface area contributed by atoms with Gasteiger partial charge in [-0.05, 0) is 79.4 Å². The predicted molar refractivity (Wildman–Crippen MR) is 145 cm³/mol. The Labute approximate surface area is 232 Å². The highest BCUT2D eigenvalue weighted by Gasteiger charge is 2.48. The molecule has 2 N–H and O–H groups in total. The lowest BCUT2D eigenvalue weighted by atomic mass is 9.94. The molecule has 0 aliphatic heterocycles. The Bertz CT molecular complexity index is 1830. The zero-order chi connectivity index (χ0) is 28.9. The molecule has 2 amide bonds. The molecule has 0 spiro atoms. The van der Waals surface area contributed by atoms with Gasteiger partial charge in [0.1, 0.15) is 28.5 Å². The minimum Gasteiger partial charge on any atom is -0.455 e. The van der Waals surface area contributed by atoms with Gasteiger partial charge in [-0.1, -0.05) is 6.07 Å². The summed E-state index contributed by atoms with van der Waals surface area (Å²) in [4.78, 5) is 34.3. The summed E-state index contributed by atoms with van der Waals surface area (Å²) >= 11 is 0.